The van der Waals surface area contributed by atoms with Gasteiger partial charge < -0.3 is 0 Å². The number of rotatable bonds is 1. The van der Waals surface area contributed by atoms with Gasteiger partial charge in [0.2, 0.25) is 0 Å². The summed E-state index contributed by atoms with van der Waals surface area (Å²) in [6.45, 7) is 1.97. The number of carbonyl (C=O) groups excluding carboxylic acids is 1. The molecule has 1 aliphatic carbocycles. The summed E-state index contributed by atoms with van der Waals surface area (Å²) in [5.41, 5.74) is 3.25. The van der Waals surface area contributed by atoms with Crippen LogP contribution in [0, 0.1) is 6.92 Å². The van der Waals surface area contributed by atoms with Gasteiger partial charge in [-0.25, -0.2) is 0 Å². The fraction of sp³-hybridized carbons (Fsp3) is 0.250. The molecule has 2 heteroatoms. The Bertz CT molecular complexity index is 418. The first kappa shape index (κ1) is 9.47. The lowest BCUT2D eigenvalue weighted by Crippen LogP contribution is -1.82. The van der Waals surface area contributed by atoms with E-state index in [4.69, 9.17) is 11.6 Å². The summed E-state index contributed by atoms with van der Waals surface area (Å²) in [4.78, 5) is 11.1. The van der Waals surface area contributed by atoms with E-state index in [0.717, 1.165) is 28.1 Å². The molecular weight excluding hydrogens is 196 g/mol. The molecule has 72 valence electrons. The standard InChI is InChI=1S/C12H11ClO/c1-8-2-3-10(7-12(8)13)9-4-5-11(14)6-9/h2-3,6-7H,4-5H2,1H3. The van der Waals surface area contributed by atoms with Gasteiger partial charge in [0.05, 0.1) is 0 Å². The lowest BCUT2D eigenvalue weighted by Gasteiger charge is -2.03. The molecule has 2 rings (SSSR count). The maximum atomic E-state index is 11.1. The van der Waals surface area contributed by atoms with Crippen LogP contribution in [0.5, 0.6) is 0 Å². The van der Waals surface area contributed by atoms with Gasteiger partial charge in [0.1, 0.15) is 0 Å². The number of ketones is 1. The summed E-state index contributed by atoms with van der Waals surface area (Å²) in [5, 5.41) is 0.766. The minimum Gasteiger partial charge on any atom is -0.295 e. The smallest absolute Gasteiger partial charge is 0.156 e. The second-order valence-electron chi connectivity index (χ2n) is 3.60. The van der Waals surface area contributed by atoms with E-state index in [1.807, 2.05) is 25.1 Å². The van der Waals surface area contributed by atoms with Crippen LogP contribution in [0.1, 0.15) is 24.0 Å². The molecule has 0 atom stereocenters. The van der Waals surface area contributed by atoms with Crippen molar-refractivity contribution in [3.63, 3.8) is 0 Å². The monoisotopic (exact) mass is 206 g/mol. The molecule has 0 aromatic heterocycles. The van der Waals surface area contributed by atoms with Crippen molar-refractivity contribution < 1.29 is 4.79 Å². The van der Waals surface area contributed by atoms with Crippen LogP contribution in [0.2, 0.25) is 5.02 Å². The molecule has 0 N–H and O–H groups in total. The van der Waals surface area contributed by atoms with Crippen molar-refractivity contribution in [3.8, 4) is 0 Å². The highest BCUT2D eigenvalue weighted by atomic mass is 35.5. The van der Waals surface area contributed by atoms with Crippen molar-refractivity contribution in [2.45, 2.75) is 19.8 Å². The van der Waals surface area contributed by atoms with Crippen LogP contribution in [0.4, 0.5) is 0 Å². The van der Waals surface area contributed by atoms with Gasteiger partial charge in [-0.1, -0.05) is 23.7 Å². The summed E-state index contributed by atoms with van der Waals surface area (Å²) in [6, 6.07) is 5.94. The zero-order valence-corrected chi connectivity index (χ0v) is 8.77. The number of aryl methyl sites for hydroxylation is 1. The topological polar surface area (TPSA) is 17.1 Å². The van der Waals surface area contributed by atoms with E-state index in [2.05, 4.69) is 0 Å². The molecule has 0 heterocycles. The van der Waals surface area contributed by atoms with Gasteiger partial charge in [-0.3, -0.25) is 4.79 Å². The van der Waals surface area contributed by atoms with E-state index in [9.17, 15) is 4.79 Å². The molecule has 0 aliphatic heterocycles. The molecule has 0 saturated carbocycles. The summed E-state index contributed by atoms with van der Waals surface area (Å²) >= 11 is 6.02. The van der Waals surface area contributed by atoms with Crippen LogP contribution in [0.25, 0.3) is 5.57 Å². The lowest BCUT2D eigenvalue weighted by atomic mass is 10.0. The first-order chi connectivity index (χ1) is 6.66. The summed E-state index contributed by atoms with van der Waals surface area (Å²) in [5.74, 6) is 0.219. The molecule has 0 amide bonds. The first-order valence-corrected chi connectivity index (χ1v) is 5.04. The molecule has 0 fully saturated rings. The Morgan fingerprint density at radius 2 is 2.07 bits per heavy atom. The minimum absolute atomic E-state index is 0.219. The average molecular weight is 207 g/mol. The highest BCUT2D eigenvalue weighted by Gasteiger charge is 2.13. The quantitative estimate of drug-likeness (QED) is 0.689. The molecule has 1 aromatic carbocycles. The van der Waals surface area contributed by atoms with Gasteiger partial charge in [-0.15, -0.1) is 0 Å². The Labute approximate surface area is 88.4 Å². The fourth-order valence-electron chi connectivity index (χ4n) is 1.62. The van der Waals surface area contributed by atoms with E-state index in [0.29, 0.717) is 6.42 Å². The van der Waals surface area contributed by atoms with Gasteiger partial charge in [-0.2, -0.15) is 0 Å². The number of hydrogen-bond acceptors (Lipinski definition) is 1. The number of benzene rings is 1. The molecule has 0 bridgehead atoms. The normalized spacial score (nSPS) is 15.9. The van der Waals surface area contributed by atoms with Gasteiger partial charge in [0, 0.05) is 11.4 Å². The highest BCUT2D eigenvalue weighted by molar-refractivity contribution is 6.31. The number of halogens is 1. The Morgan fingerprint density at radius 1 is 1.29 bits per heavy atom. The third-order valence-electron chi connectivity index (χ3n) is 2.52. The van der Waals surface area contributed by atoms with Crippen LogP contribution < -0.4 is 0 Å². The molecule has 0 saturated heterocycles. The van der Waals surface area contributed by atoms with Gasteiger partial charge in [-0.05, 0) is 42.2 Å². The fourth-order valence-corrected chi connectivity index (χ4v) is 1.80. The van der Waals surface area contributed by atoms with Gasteiger partial charge in [0.25, 0.3) is 0 Å². The molecule has 1 aromatic rings. The van der Waals surface area contributed by atoms with Gasteiger partial charge >= 0.3 is 0 Å². The third-order valence-corrected chi connectivity index (χ3v) is 2.93. The van der Waals surface area contributed by atoms with Crippen molar-refractivity contribution in [3.05, 3.63) is 40.4 Å². The van der Waals surface area contributed by atoms with E-state index in [-0.39, 0.29) is 5.78 Å². The highest BCUT2D eigenvalue weighted by Crippen LogP contribution is 2.28. The Kier molecular flexibility index (Phi) is 2.42. The molecule has 0 spiro atoms. The Hall–Kier alpha value is -1.08. The lowest BCUT2D eigenvalue weighted by molar-refractivity contribution is -0.114. The number of allylic oxidation sites excluding steroid dienone is 2. The second kappa shape index (κ2) is 3.58. The van der Waals surface area contributed by atoms with Crippen LogP contribution in [-0.4, -0.2) is 5.78 Å². The first-order valence-electron chi connectivity index (χ1n) is 4.67. The van der Waals surface area contributed by atoms with E-state index < -0.39 is 0 Å². The van der Waals surface area contributed by atoms with Crippen molar-refractivity contribution in [2.24, 2.45) is 0 Å². The van der Waals surface area contributed by atoms with Crippen molar-refractivity contribution >= 4 is 23.0 Å². The maximum Gasteiger partial charge on any atom is 0.156 e. The summed E-state index contributed by atoms with van der Waals surface area (Å²) in [6.07, 6.45) is 3.21. The van der Waals surface area contributed by atoms with Gasteiger partial charge in [0.15, 0.2) is 5.78 Å². The largest absolute Gasteiger partial charge is 0.295 e. The van der Waals surface area contributed by atoms with Crippen LogP contribution in [0.3, 0.4) is 0 Å². The second-order valence-corrected chi connectivity index (χ2v) is 4.01. The Morgan fingerprint density at radius 3 is 2.64 bits per heavy atom. The van der Waals surface area contributed by atoms with E-state index in [1.165, 1.54) is 0 Å². The Balaban J connectivity index is 2.38. The molecule has 14 heavy (non-hydrogen) atoms. The van der Waals surface area contributed by atoms with Crippen molar-refractivity contribution in [1.29, 1.82) is 0 Å². The molecule has 0 radical (unpaired) electrons. The zero-order chi connectivity index (χ0) is 10.1. The van der Waals surface area contributed by atoms with Crippen LogP contribution in [-0.2, 0) is 4.79 Å². The van der Waals surface area contributed by atoms with Crippen LogP contribution in [0.15, 0.2) is 24.3 Å². The van der Waals surface area contributed by atoms with Crippen molar-refractivity contribution in [1.82, 2.24) is 0 Å². The van der Waals surface area contributed by atoms with E-state index >= 15 is 0 Å². The molecule has 1 nitrogen and oxygen atoms in total. The number of hydrogen-bond donors (Lipinski definition) is 0. The van der Waals surface area contributed by atoms with Crippen LogP contribution >= 0.6 is 11.6 Å². The molecule has 1 aliphatic rings. The van der Waals surface area contributed by atoms with Crippen molar-refractivity contribution in [2.75, 3.05) is 0 Å². The number of carbonyl (C=O) groups is 1. The maximum absolute atomic E-state index is 11.1. The predicted octanol–water partition coefficient (Wildman–Crippen LogP) is 3.39. The summed E-state index contributed by atoms with van der Waals surface area (Å²) < 4.78 is 0. The minimum atomic E-state index is 0.219. The third kappa shape index (κ3) is 1.73. The zero-order valence-electron chi connectivity index (χ0n) is 8.01. The summed E-state index contributed by atoms with van der Waals surface area (Å²) in [7, 11) is 0. The predicted molar refractivity (Wildman–Crippen MR) is 58.4 cm³/mol. The van der Waals surface area contributed by atoms with E-state index in [1.54, 1.807) is 6.08 Å². The SMILES string of the molecule is Cc1ccc(C2=CC(=O)CC2)cc1Cl. The average Bonchev–Trinajstić information content (AvgIpc) is 2.57. The molecular formula is C12H11ClO. The molecule has 0 unspecified atom stereocenters.